The first-order valence-corrected chi connectivity index (χ1v) is 15.3. The van der Waals surface area contributed by atoms with Crippen LogP contribution in [0.15, 0.2) is 41.0 Å². The van der Waals surface area contributed by atoms with Crippen molar-refractivity contribution in [3.05, 3.63) is 46.5 Å². The summed E-state index contributed by atoms with van der Waals surface area (Å²) in [6.07, 6.45) is 9.62. The Morgan fingerprint density at radius 1 is 1.07 bits per heavy atom. The first-order valence-electron chi connectivity index (χ1n) is 15.3. The normalized spacial score (nSPS) is 24.6. The smallest absolute Gasteiger partial charge is 0.455 e. The molecule has 222 valence electrons. The number of aliphatic carboxylic acids is 1. The lowest BCUT2D eigenvalue weighted by Gasteiger charge is -2.43. The third-order valence-corrected chi connectivity index (χ3v) is 8.76. The molecule has 2 amide bonds. The van der Waals surface area contributed by atoms with Crippen LogP contribution in [0, 0.1) is 17.8 Å². The topological polar surface area (TPSA) is 124 Å². The number of aromatic hydroxyl groups is 1. The van der Waals surface area contributed by atoms with Gasteiger partial charge in [-0.3, -0.25) is 19.3 Å². The van der Waals surface area contributed by atoms with Crippen LogP contribution >= 0.6 is 0 Å². The van der Waals surface area contributed by atoms with Crippen molar-refractivity contribution in [1.29, 1.82) is 0 Å². The van der Waals surface area contributed by atoms with E-state index in [1.807, 2.05) is 12.1 Å². The lowest BCUT2D eigenvalue weighted by molar-refractivity contribution is -0.141. The van der Waals surface area contributed by atoms with E-state index in [9.17, 15) is 24.5 Å². The molecule has 0 bridgehead atoms. The molecule has 4 rings (SSSR count). The molecule has 3 N–H and O–H groups in total. The lowest BCUT2D eigenvalue weighted by Crippen LogP contribution is -2.46. The number of fused-ring (bicyclic) bond motifs is 3. The van der Waals surface area contributed by atoms with E-state index < -0.39 is 24.9 Å². The number of phenols is 1. The highest BCUT2D eigenvalue weighted by atomic mass is 16.5. The van der Waals surface area contributed by atoms with Gasteiger partial charge in [-0.15, -0.1) is 0 Å². The number of benzene rings is 1. The first-order chi connectivity index (χ1) is 19.7. The van der Waals surface area contributed by atoms with Crippen LogP contribution in [0.1, 0.15) is 90.0 Å². The third kappa shape index (κ3) is 7.49. The number of likely N-dealkylation sites (tertiary alicyclic amines) is 1. The Bertz CT molecular complexity index is 1180. The number of rotatable bonds is 14. The Labute approximate surface area is 243 Å². The number of carboxylic acid groups (broad SMARTS) is 1. The van der Waals surface area contributed by atoms with Gasteiger partial charge >= 0.3 is 13.1 Å². The molecule has 8 nitrogen and oxygen atoms in total. The number of nitrogens with zero attached hydrogens (tertiary/aromatic N) is 1. The Balaban J connectivity index is 1.53. The van der Waals surface area contributed by atoms with Gasteiger partial charge in [-0.2, -0.15) is 0 Å². The van der Waals surface area contributed by atoms with Crippen molar-refractivity contribution in [3.63, 3.8) is 0 Å². The maximum atomic E-state index is 13.7. The van der Waals surface area contributed by atoms with Crippen LogP contribution in [-0.4, -0.2) is 57.7 Å². The molecule has 2 saturated heterocycles. The van der Waals surface area contributed by atoms with Crippen molar-refractivity contribution in [2.24, 2.45) is 17.8 Å². The van der Waals surface area contributed by atoms with E-state index in [0.29, 0.717) is 45.0 Å². The summed E-state index contributed by atoms with van der Waals surface area (Å²) in [7, 11) is -0.993. The molecule has 1 aromatic carbocycles. The molecule has 0 aromatic heterocycles. The molecule has 2 fully saturated rings. The van der Waals surface area contributed by atoms with Crippen molar-refractivity contribution in [1.82, 2.24) is 4.90 Å². The van der Waals surface area contributed by atoms with E-state index >= 15 is 0 Å². The average molecular weight is 566 g/mol. The summed E-state index contributed by atoms with van der Waals surface area (Å²) in [6, 6.07) is 7.20. The highest BCUT2D eigenvalue weighted by Gasteiger charge is 2.56. The summed E-state index contributed by atoms with van der Waals surface area (Å²) in [4.78, 5) is 39.3. The number of allylic oxidation sites excluding steroid dienone is 2. The van der Waals surface area contributed by atoms with Crippen molar-refractivity contribution in [2.45, 2.75) is 96.9 Å². The molecule has 0 spiro atoms. The van der Waals surface area contributed by atoms with E-state index in [1.54, 1.807) is 12.1 Å². The predicted molar refractivity (Wildman–Crippen MR) is 158 cm³/mol. The fourth-order valence-corrected chi connectivity index (χ4v) is 7.07. The van der Waals surface area contributed by atoms with Crippen molar-refractivity contribution in [3.8, 4) is 5.75 Å². The molecule has 1 aromatic rings. The molecule has 0 radical (unpaired) electrons. The number of imide groups is 1. The Morgan fingerprint density at radius 3 is 2.59 bits per heavy atom. The molecule has 4 atom stereocenters. The molecule has 41 heavy (non-hydrogen) atoms. The molecule has 2 heterocycles. The fraction of sp³-hybridized carbons (Fsp3) is 0.594. The van der Waals surface area contributed by atoms with E-state index in [1.165, 1.54) is 16.0 Å². The van der Waals surface area contributed by atoms with Crippen LogP contribution in [-0.2, 0) is 19.0 Å². The largest absolute Gasteiger partial charge is 0.508 e. The molecule has 0 saturated carbocycles. The van der Waals surface area contributed by atoms with Crippen molar-refractivity contribution < 1.29 is 34.3 Å². The summed E-state index contributed by atoms with van der Waals surface area (Å²) in [6.45, 7) is 4.57. The second-order valence-electron chi connectivity index (χ2n) is 11.8. The minimum absolute atomic E-state index is 0.0884. The molecule has 9 heteroatoms. The van der Waals surface area contributed by atoms with Gasteiger partial charge in [0.1, 0.15) is 5.75 Å². The summed E-state index contributed by atoms with van der Waals surface area (Å²) in [5, 5.41) is 29.6. The van der Waals surface area contributed by atoms with Crippen LogP contribution in [0.3, 0.4) is 0 Å². The number of hydrogen-bond donors (Lipinski definition) is 3. The van der Waals surface area contributed by atoms with Gasteiger partial charge in [-0.05, 0) is 80.5 Å². The first kappa shape index (κ1) is 31.0. The Morgan fingerprint density at radius 2 is 1.88 bits per heavy atom. The Hall–Kier alpha value is -2.91. The summed E-state index contributed by atoms with van der Waals surface area (Å²) in [5.41, 5.74) is 4.51. The minimum Gasteiger partial charge on any atom is -0.508 e. The number of carbonyl (C=O) groups is 3. The molecule has 2 aliphatic heterocycles. The van der Waals surface area contributed by atoms with Crippen LogP contribution in [0.4, 0.5) is 0 Å². The number of hydrogen-bond acceptors (Lipinski definition) is 6. The molecular formula is C32H44BNO7. The fourth-order valence-electron chi connectivity index (χ4n) is 7.07. The van der Waals surface area contributed by atoms with Gasteiger partial charge in [-0.1, -0.05) is 62.5 Å². The van der Waals surface area contributed by atoms with Gasteiger partial charge in [0.05, 0.1) is 17.9 Å². The number of phenolic OH excluding ortho intramolecular Hbond substituents is 1. The van der Waals surface area contributed by atoms with E-state index in [2.05, 4.69) is 19.9 Å². The quantitative estimate of drug-likeness (QED) is 0.116. The number of amides is 2. The second kappa shape index (κ2) is 14.3. The lowest BCUT2D eigenvalue weighted by atomic mass is 9.58. The van der Waals surface area contributed by atoms with Gasteiger partial charge in [0.15, 0.2) is 0 Å². The van der Waals surface area contributed by atoms with Gasteiger partial charge < -0.3 is 19.9 Å². The molecule has 3 aliphatic rings. The summed E-state index contributed by atoms with van der Waals surface area (Å²) < 4.78 is 6.15. The molecule has 0 unspecified atom stereocenters. The van der Waals surface area contributed by atoms with Gasteiger partial charge in [0, 0.05) is 13.0 Å². The van der Waals surface area contributed by atoms with Gasteiger partial charge in [0.2, 0.25) is 11.8 Å². The predicted octanol–water partition coefficient (Wildman–Crippen LogP) is 5.60. The highest BCUT2D eigenvalue weighted by molar-refractivity contribution is 6.43. The van der Waals surface area contributed by atoms with Crippen LogP contribution < -0.4 is 0 Å². The number of unbranched alkanes of at least 4 members (excludes halogenated alkanes) is 2. The number of carboxylic acids is 1. The number of carbonyl (C=O) groups excluding carboxylic acids is 2. The zero-order chi connectivity index (χ0) is 29.5. The summed E-state index contributed by atoms with van der Waals surface area (Å²) >= 11 is 0. The monoisotopic (exact) mass is 565 g/mol. The maximum Gasteiger partial charge on any atom is 0.455 e. The molecular weight excluding hydrogens is 521 g/mol. The van der Waals surface area contributed by atoms with E-state index in [4.69, 9.17) is 9.76 Å². The third-order valence-electron chi connectivity index (χ3n) is 8.76. The zero-order valence-corrected chi connectivity index (χ0v) is 24.4. The standard InChI is InChI=1S/C32H44BNO7/c1-3-9-21(17-22-11-8-12-24(35)18-22)14-15-27-29-23(10-4-2)19-25-30(26(29)20-33(40)41-27)32(39)34(31(25)38)16-7-5-6-13-28(36)37/h8,11-12,17-18,25-27,30,35,40H,3-7,9-10,13-16,19-20H2,1-2H3,(H,36,37)/b21-17+/t25-,26+,27-,30-/m1/s1. The SMILES string of the molecule is CCCC1=C2[C@@H](CC/C(=C/c3cccc(O)c3)CCC)OB(O)C[C@@H]2[C@@H]2C(=O)N(CCCCCC(=O)O)C(=O)[C@@H]2C1. The van der Waals surface area contributed by atoms with Crippen LogP contribution in [0.5, 0.6) is 5.75 Å². The molecule has 1 aliphatic carbocycles. The minimum atomic E-state index is -0.993. The second-order valence-corrected chi connectivity index (χ2v) is 11.8. The average Bonchev–Trinajstić information content (AvgIpc) is 3.16. The Kier molecular flexibility index (Phi) is 10.8. The summed E-state index contributed by atoms with van der Waals surface area (Å²) in [5.74, 6) is -1.98. The highest BCUT2D eigenvalue weighted by Crippen LogP contribution is 2.51. The maximum absolute atomic E-state index is 13.7. The van der Waals surface area contributed by atoms with Crippen LogP contribution in [0.2, 0.25) is 6.32 Å². The van der Waals surface area contributed by atoms with Crippen molar-refractivity contribution in [2.75, 3.05) is 6.54 Å². The van der Waals surface area contributed by atoms with Gasteiger partial charge in [0.25, 0.3) is 0 Å². The van der Waals surface area contributed by atoms with Crippen LogP contribution in [0.25, 0.3) is 6.08 Å². The van der Waals surface area contributed by atoms with E-state index in [0.717, 1.165) is 43.2 Å². The van der Waals surface area contributed by atoms with Gasteiger partial charge in [-0.25, -0.2) is 0 Å². The van der Waals surface area contributed by atoms with E-state index in [-0.39, 0.29) is 36.0 Å². The van der Waals surface area contributed by atoms with Crippen molar-refractivity contribution >= 4 is 31.0 Å². The zero-order valence-electron chi connectivity index (χ0n) is 24.4.